The molecule has 0 aliphatic carbocycles. The van der Waals surface area contributed by atoms with Gasteiger partial charge in [0, 0.05) is 19.7 Å². The molecule has 0 bridgehead atoms. The summed E-state index contributed by atoms with van der Waals surface area (Å²) >= 11 is 4.90. The summed E-state index contributed by atoms with van der Waals surface area (Å²) in [6.45, 7) is 2.35. The summed E-state index contributed by atoms with van der Waals surface area (Å²) in [5.74, 6) is -2.40. The molecule has 122 valence electrons. The van der Waals surface area contributed by atoms with Crippen molar-refractivity contribution in [3.8, 4) is 5.75 Å². The zero-order chi connectivity index (χ0) is 16.5. The summed E-state index contributed by atoms with van der Waals surface area (Å²) in [6, 6.07) is 2.82. The first-order valence-electron chi connectivity index (χ1n) is 6.38. The highest BCUT2D eigenvalue weighted by Crippen LogP contribution is 2.18. The minimum Gasteiger partial charge on any atom is -0.478 e. The van der Waals surface area contributed by atoms with Crippen molar-refractivity contribution < 1.29 is 23.0 Å². The van der Waals surface area contributed by atoms with Crippen LogP contribution in [0.5, 0.6) is 5.75 Å². The zero-order valence-electron chi connectivity index (χ0n) is 12.1. The van der Waals surface area contributed by atoms with Gasteiger partial charge in [0.1, 0.15) is 5.82 Å². The van der Waals surface area contributed by atoms with Gasteiger partial charge in [0.25, 0.3) is 5.91 Å². The first-order chi connectivity index (χ1) is 10.4. The van der Waals surface area contributed by atoms with Gasteiger partial charge in [0.2, 0.25) is 0 Å². The Morgan fingerprint density at radius 2 is 2.09 bits per heavy atom. The molecule has 0 radical (unpaired) electrons. The number of carbonyl (C=O) groups excluding carboxylic acids is 1. The average Bonchev–Trinajstić information content (AvgIpc) is 2.47. The Labute approximate surface area is 132 Å². The highest BCUT2D eigenvalue weighted by atomic mass is 32.1. The molecule has 0 heterocycles. The monoisotopic (exact) mass is 333 g/mol. The number of thiocarbonyl (C=S) groups is 1. The van der Waals surface area contributed by atoms with Crippen LogP contribution in [-0.2, 0) is 9.53 Å². The average molecular weight is 333 g/mol. The third-order valence-corrected chi connectivity index (χ3v) is 2.70. The number of carbonyl (C=O) groups is 1. The second kappa shape index (κ2) is 9.11. The fourth-order valence-electron chi connectivity index (χ4n) is 1.35. The van der Waals surface area contributed by atoms with Crippen molar-refractivity contribution in [1.82, 2.24) is 16.2 Å². The molecule has 1 atom stereocenters. The maximum Gasteiger partial charge on any atom is 0.279 e. The first-order valence-corrected chi connectivity index (χ1v) is 6.79. The largest absolute Gasteiger partial charge is 0.478 e. The number of halogens is 2. The van der Waals surface area contributed by atoms with Gasteiger partial charge in [-0.15, -0.1) is 0 Å². The Balaban J connectivity index is 2.40. The van der Waals surface area contributed by atoms with Crippen LogP contribution < -0.4 is 20.9 Å². The van der Waals surface area contributed by atoms with E-state index in [0.29, 0.717) is 19.2 Å². The number of methoxy groups -OCH3 is 1. The Bertz CT molecular complexity index is 531. The molecule has 0 aliphatic rings. The van der Waals surface area contributed by atoms with Crippen LogP contribution in [0, 0.1) is 11.6 Å². The minimum atomic E-state index is -1.01. The van der Waals surface area contributed by atoms with Gasteiger partial charge in [-0.2, -0.15) is 0 Å². The molecule has 3 N–H and O–H groups in total. The van der Waals surface area contributed by atoms with Crippen molar-refractivity contribution in [1.29, 1.82) is 0 Å². The van der Waals surface area contributed by atoms with Crippen LogP contribution in [-0.4, -0.2) is 37.4 Å². The van der Waals surface area contributed by atoms with E-state index in [4.69, 9.17) is 21.7 Å². The molecular formula is C13H17F2N3O3S. The van der Waals surface area contributed by atoms with Crippen LogP contribution in [0.3, 0.4) is 0 Å². The number of rotatable bonds is 6. The molecule has 0 unspecified atom stereocenters. The SMILES string of the molecule is COCCNC(=S)NNC(=O)[C@H](C)Oc1ccc(F)cc1F. The molecule has 1 aromatic carbocycles. The molecule has 1 rings (SSSR count). The molecule has 22 heavy (non-hydrogen) atoms. The zero-order valence-corrected chi connectivity index (χ0v) is 12.9. The summed E-state index contributed by atoms with van der Waals surface area (Å²) < 4.78 is 36.1. The third-order valence-electron chi connectivity index (χ3n) is 2.46. The van der Waals surface area contributed by atoms with E-state index in [1.807, 2.05) is 0 Å². The molecular weight excluding hydrogens is 316 g/mol. The van der Waals surface area contributed by atoms with Crippen molar-refractivity contribution in [2.45, 2.75) is 13.0 Å². The Kier molecular flexibility index (Phi) is 7.47. The standard InChI is InChI=1S/C13H17F2N3O3S/c1-8(21-11-4-3-9(14)7-10(11)15)12(19)17-18-13(22)16-5-6-20-2/h3-4,7-8H,5-6H2,1-2H3,(H,17,19)(H2,16,18,22)/t8-/m0/s1. The van der Waals surface area contributed by atoms with Crippen LogP contribution in [0.4, 0.5) is 8.78 Å². The Morgan fingerprint density at radius 1 is 1.36 bits per heavy atom. The summed E-state index contributed by atoms with van der Waals surface area (Å²) in [6.07, 6.45) is -1.01. The Morgan fingerprint density at radius 3 is 2.73 bits per heavy atom. The summed E-state index contributed by atoms with van der Waals surface area (Å²) in [5.41, 5.74) is 4.77. The van der Waals surface area contributed by atoms with Crippen LogP contribution in [0.1, 0.15) is 6.92 Å². The van der Waals surface area contributed by atoms with Crippen molar-refractivity contribution in [3.05, 3.63) is 29.8 Å². The van der Waals surface area contributed by atoms with Crippen molar-refractivity contribution in [3.63, 3.8) is 0 Å². The molecule has 9 heteroatoms. The minimum absolute atomic E-state index is 0.200. The number of nitrogens with one attached hydrogen (secondary N) is 3. The predicted molar refractivity (Wildman–Crippen MR) is 80.2 cm³/mol. The molecule has 0 saturated carbocycles. The number of ether oxygens (including phenoxy) is 2. The molecule has 6 nitrogen and oxygen atoms in total. The number of benzene rings is 1. The quantitative estimate of drug-likeness (QED) is 0.408. The van der Waals surface area contributed by atoms with Crippen molar-refractivity contribution in [2.75, 3.05) is 20.3 Å². The van der Waals surface area contributed by atoms with E-state index in [0.717, 1.165) is 12.1 Å². The van der Waals surface area contributed by atoms with Gasteiger partial charge >= 0.3 is 0 Å². The number of amides is 1. The molecule has 0 saturated heterocycles. The summed E-state index contributed by atoms with van der Waals surface area (Å²) in [7, 11) is 1.55. The fourth-order valence-corrected chi connectivity index (χ4v) is 1.50. The summed E-state index contributed by atoms with van der Waals surface area (Å²) in [5, 5.41) is 2.98. The van der Waals surface area contributed by atoms with Gasteiger partial charge in [-0.3, -0.25) is 15.6 Å². The third kappa shape index (κ3) is 6.19. The Hall–Kier alpha value is -2.00. The van der Waals surface area contributed by atoms with Crippen LogP contribution in [0.2, 0.25) is 0 Å². The number of hydrogen-bond donors (Lipinski definition) is 3. The fraction of sp³-hybridized carbons (Fsp3) is 0.385. The lowest BCUT2D eigenvalue weighted by molar-refractivity contribution is -0.127. The number of hydrazine groups is 1. The molecule has 1 amide bonds. The second-order valence-electron chi connectivity index (χ2n) is 4.20. The van der Waals surface area contributed by atoms with Gasteiger partial charge < -0.3 is 14.8 Å². The summed E-state index contributed by atoms with van der Waals surface area (Å²) in [4.78, 5) is 11.8. The van der Waals surface area contributed by atoms with E-state index in [2.05, 4.69) is 16.2 Å². The molecule has 1 aromatic rings. The van der Waals surface area contributed by atoms with Gasteiger partial charge in [-0.05, 0) is 31.3 Å². The van der Waals surface area contributed by atoms with Crippen molar-refractivity contribution in [2.24, 2.45) is 0 Å². The van der Waals surface area contributed by atoms with Gasteiger partial charge in [0.15, 0.2) is 22.8 Å². The molecule has 0 spiro atoms. The van der Waals surface area contributed by atoms with Crippen LogP contribution in [0.15, 0.2) is 18.2 Å². The number of hydrogen-bond acceptors (Lipinski definition) is 4. The lowest BCUT2D eigenvalue weighted by Gasteiger charge is -2.16. The molecule has 0 aliphatic heterocycles. The maximum atomic E-state index is 13.4. The van der Waals surface area contributed by atoms with Crippen LogP contribution in [0.25, 0.3) is 0 Å². The van der Waals surface area contributed by atoms with E-state index in [1.165, 1.54) is 6.92 Å². The van der Waals surface area contributed by atoms with Gasteiger partial charge in [0.05, 0.1) is 6.61 Å². The van der Waals surface area contributed by atoms with Crippen molar-refractivity contribution >= 4 is 23.2 Å². The van der Waals surface area contributed by atoms with Gasteiger partial charge in [-0.1, -0.05) is 0 Å². The maximum absolute atomic E-state index is 13.4. The lowest BCUT2D eigenvalue weighted by Crippen LogP contribution is -2.50. The van der Waals surface area contributed by atoms with E-state index >= 15 is 0 Å². The lowest BCUT2D eigenvalue weighted by atomic mass is 10.3. The predicted octanol–water partition coefficient (Wildman–Crippen LogP) is 0.874. The highest BCUT2D eigenvalue weighted by Gasteiger charge is 2.17. The molecule has 0 fully saturated rings. The topological polar surface area (TPSA) is 71.6 Å². The van der Waals surface area contributed by atoms with E-state index in [-0.39, 0.29) is 10.9 Å². The smallest absolute Gasteiger partial charge is 0.279 e. The second-order valence-corrected chi connectivity index (χ2v) is 4.61. The van der Waals surface area contributed by atoms with Gasteiger partial charge in [-0.25, -0.2) is 8.78 Å². The van der Waals surface area contributed by atoms with E-state index in [1.54, 1.807) is 7.11 Å². The first kappa shape index (κ1) is 18.1. The van der Waals surface area contributed by atoms with E-state index < -0.39 is 23.6 Å². The normalized spacial score (nSPS) is 11.5. The molecule has 0 aromatic heterocycles. The highest BCUT2D eigenvalue weighted by molar-refractivity contribution is 7.80. The van der Waals surface area contributed by atoms with Crippen LogP contribution >= 0.6 is 12.2 Å². The van der Waals surface area contributed by atoms with E-state index in [9.17, 15) is 13.6 Å².